The van der Waals surface area contributed by atoms with E-state index in [0.29, 0.717) is 39.7 Å². The number of aryl methyl sites for hydroxylation is 1. The van der Waals surface area contributed by atoms with Crippen LogP contribution in [0, 0.1) is 6.92 Å². The highest BCUT2D eigenvalue weighted by Gasteiger charge is 2.15. The molecule has 1 aromatic heterocycles. The molecule has 3 aromatic rings. The minimum atomic E-state index is -0.221. The highest BCUT2D eigenvalue weighted by molar-refractivity contribution is 6.05. The number of anilines is 1. The monoisotopic (exact) mass is 296 g/mol. The van der Waals surface area contributed by atoms with Gasteiger partial charge < -0.3 is 19.2 Å². The lowest BCUT2D eigenvalue weighted by Gasteiger charge is -2.06. The van der Waals surface area contributed by atoms with Crippen molar-refractivity contribution in [3.05, 3.63) is 47.9 Å². The summed E-state index contributed by atoms with van der Waals surface area (Å²) in [5.74, 6) is 1.66. The van der Waals surface area contributed by atoms with Gasteiger partial charge in [0.25, 0.3) is 5.91 Å². The van der Waals surface area contributed by atoms with Crippen LogP contribution in [-0.4, -0.2) is 17.7 Å². The third kappa shape index (κ3) is 2.14. The number of hydrogen-bond acceptors (Lipinski definition) is 5. The largest absolute Gasteiger partial charge is 0.454 e. The van der Waals surface area contributed by atoms with E-state index in [4.69, 9.17) is 13.9 Å². The van der Waals surface area contributed by atoms with Gasteiger partial charge in [0, 0.05) is 24.2 Å². The number of benzene rings is 2. The predicted molar refractivity (Wildman–Crippen MR) is 79.3 cm³/mol. The molecule has 0 atom stereocenters. The van der Waals surface area contributed by atoms with Crippen LogP contribution in [0.1, 0.15) is 16.2 Å². The molecule has 0 unspecified atom stereocenters. The molecule has 0 saturated heterocycles. The predicted octanol–water partition coefficient (Wildman–Crippen LogP) is 3.12. The van der Waals surface area contributed by atoms with Gasteiger partial charge >= 0.3 is 0 Å². The molecule has 0 saturated carbocycles. The van der Waals surface area contributed by atoms with Crippen molar-refractivity contribution in [1.82, 2.24) is 4.98 Å². The fourth-order valence-electron chi connectivity index (χ4n) is 2.36. The Hall–Kier alpha value is -3.02. The molecule has 110 valence electrons. The zero-order chi connectivity index (χ0) is 15.1. The summed E-state index contributed by atoms with van der Waals surface area (Å²) in [5, 5.41) is 2.83. The SMILES string of the molecule is Cc1nc2cc(C(=O)Nc3ccc4c(c3)OCO4)ccc2o1. The summed E-state index contributed by atoms with van der Waals surface area (Å²) in [5.41, 5.74) is 2.48. The maximum Gasteiger partial charge on any atom is 0.255 e. The quantitative estimate of drug-likeness (QED) is 0.786. The van der Waals surface area contributed by atoms with E-state index >= 15 is 0 Å². The number of fused-ring (bicyclic) bond motifs is 2. The van der Waals surface area contributed by atoms with Crippen molar-refractivity contribution < 1.29 is 18.7 Å². The van der Waals surface area contributed by atoms with E-state index in [2.05, 4.69) is 10.3 Å². The molecule has 4 rings (SSSR count). The number of carbonyl (C=O) groups excluding carboxylic acids is 1. The molecular weight excluding hydrogens is 284 g/mol. The molecule has 6 nitrogen and oxygen atoms in total. The number of aromatic nitrogens is 1. The third-order valence-corrected chi connectivity index (χ3v) is 3.39. The Morgan fingerprint density at radius 2 is 2.00 bits per heavy atom. The zero-order valence-corrected chi connectivity index (χ0v) is 11.8. The van der Waals surface area contributed by atoms with Crippen molar-refractivity contribution in [2.75, 3.05) is 12.1 Å². The average molecular weight is 296 g/mol. The summed E-state index contributed by atoms with van der Waals surface area (Å²) in [6, 6.07) is 10.4. The molecule has 1 amide bonds. The maximum atomic E-state index is 12.3. The number of rotatable bonds is 2. The first-order chi connectivity index (χ1) is 10.7. The Labute approximate surface area is 125 Å². The van der Waals surface area contributed by atoms with Gasteiger partial charge in [0.05, 0.1) is 0 Å². The summed E-state index contributed by atoms with van der Waals surface area (Å²) in [7, 11) is 0. The first-order valence-corrected chi connectivity index (χ1v) is 6.77. The van der Waals surface area contributed by atoms with E-state index < -0.39 is 0 Å². The maximum absolute atomic E-state index is 12.3. The molecule has 1 aliphatic heterocycles. The van der Waals surface area contributed by atoms with Crippen LogP contribution >= 0.6 is 0 Å². The van der Waals surface area contributed by atoms with Crippen molar-refractivity contribution in [2.45, 2.75) is 6.92 Å². The van der Waals surface area contributed by atoms with Gasteiger partial charge in [-0.2, -0.15) is 0 Å². The molecule has 22 heavy (non-hydrogen) atoms. The summed E-state index contributed by atoms with van der Waals surface area (Å²) in [6.45, 7) is 1.97. The van der Waals surface area contributed by atoms with Crippen molar-refractivity contribution in [3.63, 3.8) is 0 Å². The van der Waals surface area contributed by atoms with Gasteiger partial charge in [-0.05, 0) is 30.3 Å². The van der Waals surface area contributed by atoms with Gasteiger partial charge in [-0.3, -0.25) is 4.79 Å². The fraction of sp³-hybridized carbons (Fsp3) is 0.125. The van der Waals surface area contributed by atoms with E-state index in [0.717, 1.165) is 0 Å². The first kappa shape index (κ1) is 12.7. The molecule has 2 heterocycles. The summed E-state index contributed by atoms with van der Waals surface area (Å²) < 4.78 is 15.9. The number of carbonyl (C=O) groups is 1. The summed E-state index contributed by atoms with van der Waals surface area (Å²) in [4.78, 5) is 16.6. The van der Waals surface area contributed by atoms with Crippen LogP contribution in [0.25, 0.3) is 11.1 Å². The van der Waals surface area contributed by atoms with Crippen molar-refractivity contribution in [2.24, 2.45) is 0 Å². The second-order valence-corrected chi connectivity index (χ2v) is 4.94. The van der Waals surface area contributed by atoms with E-state index in [1.807, 2.05) is 0 Å². The highest BCUT2D eigenvalue weighted by Crippen LogP contribution is 2.34. The minimum absolute atomic E-state index is 0.203. The Morgan fingerprint density at radius 1 is 1.14 bits per heavy atom. The smallest absolute Gasteiger partial charge is 0.255 e. The second-order valence-electron chi connectivity index (χ2n) is 4.94. The van der Waals surface area contributed by atoms with Crippen LogP contribution in [0.3, 0.4) is 0 Å². The molecule has 2 aromatic carbocycles. The van der Waals surface area contributed by atoms with Gasteiger partial charge in [-0.25, -0.2) is 4.98 Å². The fourth-order valence-corrected chi connectivity index (χ4v) is 2.36. The number of ether oxygens (including phenoxy) is 2. The van der Waals surface area contributed by atoms with Crippen LogP contribution in [0.15, 0.2) is 40.8 Å². The van der Waals surface area contributed by atoms with E-state index in [9.17, 15) is 4.79 Å². The standard InChI is InChI=1S/C16H12N2O4/c1-9-17-12-6-10(2-4-13(12)22-9)16(19)18-11-3-5-14-15(7-11)21-8-20-14/h2-7H,8H2,1H3,(H,18,19). The molecule has 0 aliphatic carbocycles. The Kier molecular flexibility index (Phi) is 2.75. The molecular formula is C16H12N2O4. The van der Waals surface area contributed by atoms with Gasteiger partial charge in [-0.1, -0.05) is 0 Å². The van der Waals surface area contributed by atoms with Crippen LogP contribution < -0.4 is 14.8 Å². The lowest BCUT2D eigenvalue weighted by atomic mass is 10.2. The molecule has 0 radical (unpaired) electrons. The lowest BCUT2D eigenvalue weighted by molar-refractivity contribution is 0.102. The number of nitrogens with one attached hydrogen (secondary N) is 1. The van der Waals surface area contributed by atoms with E-state index in [1.165, 1.54) is 0 Å². The van der Waals surface area contributed by atoms with E-state index in [-0.39, 0.29) is 12.7 Å². The Balaban J connectivity index is 1.60. The van der Waals surface area contributed by atoms with Gasteiger partial charge in [0.1, 0.15) is 5.52 Å². The van der Waals surface area contributed by atoms with Crippen LogP contribution in [0.4, 0.5) is 5.69 Å². The van der Waals surface area contributed by atoms with Crippen LogP contribution in [0.2, 0.25) is 0 Å². The van der Waals surface area contributed by atoms with Gasteiger partial charge in [0.15, 0.2) is 23.0 Å². The van der Waals surface area contributed by atoms with E-state index in [1.54, 1.807) is 43.3 Å². The molecule has 1 aliphatic rings. The first-order valence-electron chi connectivity index (χ1n) is 6.77. The third-order valence-electron chi connectivity index (χ3n) is 3.39. The Morgan fingerprint density at radius 3 is 2.91 bits per heavy atom. The van der Waals surface area contributed by atoms with Crippen molar-refractivity contribution in [1.29, 1.82) is 0 Å². The lowest BCUT2D eigenvalue weighted by Crippen LogP contribution is -2.11. The molecule has 6 heteroatoms. The summed E-state index contributed by atoms with van der Waals surface area (Å²) >= 11 is 0. The molecule has 0 spiro atoms. The average Bonchev–Trinajstić information content (AvgIpc) is 3.10. The molecule has 0 bridgehead atoms. The van der Waals surface area contributed by atoms with Crippen LogP contribution in [-0.2, 0) is 0 Å². The number of nitrogens with zero attached hydrogens (tertiary/aromatic N) is 1. The zero-order valence-electron chi connectivity index (χ0n) is 11.8. The summed E-state index contributed by atoms with van der Waals surface area (Å²) in [6.07, 6.45) is 0. The number of amides is 1. The normalized spacial score (nSPS) is 12.6. The van der Waals surface area contributed by atoms with Crippen molar-refractivity contribution in [3.8, 4) is 11.5 Å². The second kappa shape index (κ2) is 4.77. The van der Waals surface area contributed by atoms with Crippen LogP contribution in [0.5, 0.6) is 11.5 Å². The number of hydrogen-bond donors (Lipinski definition) is 1. The van der Waals surface area contributed by atoms with Crippen molar-refractivity contribution >= 4 is 22.7 Å². The topological polar surface area (TPSA) is 73.6 Å². The molecule has 1 N–H and O–H groups in total. The number of oxazole rings is 1. The molecule has 0 fully saturated rings. The highest BCUT2D eigenvalue weighted by atomic mass is 16.7. The Bertz CT molecular complexity index is 885. The van der Waals surface area contributed by atoms with Gasteiger partial charge in [0.2, 0.25) is 6.79 Å². The van der Waals surface area contributed by atoms with Gasteiger partial charge in [-0.15, -0.1) is 0 Å². The minimum Gasteiger partial charge on any atom is -0.454 e.